The van der Waals surface area contributed by atoms with Crippen LogP contribution in [0.3, 0.4) is 0 Å². The molecule has 2 heteroatoms. The average Bonchev–Trinajstić information content (AvgIpc) is 2.37. The quantitative estimate of drug-likeness (QED) is 0.655. The zero-order valence-corrected chi connectivity index (χ0v) is 11.4. The molecule has 0 bridgehead atoms. The molecule has 0 fully saturated rings. The molecule has 0 heterocycles. The van der Waals surface area contributed by atoms with E-state index in [9.17, 15) is 0 Å². The standard InChI is InChI=1S/C15H24O2/c1-5-12(4)13-9-8-10-14(11-13)17-15(6-2)16-7-3/h8-12,15H,5-7H2,1-4H3. The van der Waals surface area contributed by atoms with E-state index in [0.717, 1.165) is 18.6 Å². The maximum atomic E-state index is 5.82. The highest BCUT2D eigenvalue weighted by atomic mass is 16.7. The third-order valence-electron chi connectivity index (χ3n) is 2.99. The summed E-state index contributed by atoms with van der Waals surface area (Å²) in [5, 5.41) is 0. The van der Waals surface area contributed by atoms with Crippen LogP contribution in [-0.2, 0) is 4.74 Å². The molecule has 0 spiro atoms. The van der Waals surface area contributed by atoms with Gasteiger partial charge in [-0.1, -0.05) is 32.9 Å². The van der Waals surface area contributed by atoms with Crippen molar-refractivity contribution in [3.63, 3.8) is 0 Å². The minimum absolute atomic E-state index is 0.132. The Labute approximate surface area is 105 Å². The largest absolute Gasteiger partial charge is 0.465 e. The first kappa shape index (κ1) is 14.0. The van der Waals surface area contributed by atoms with Crippen LogP contribution in [0.15, 0.2) is 24.3 Å². The van der Waals surface area contributed by atoms with Crippen LogP contribution in [0.2, 0.25) is 0 Å². The lowest BCUT2D eigenvalue weighted by Crippen LogP contribution is -2.19. The van der Waals surface area contributed by atoms with Crippen LogP contribution in [0.4, 0.5) is 0 Å². The molecule has 0 N–H and O–H groups in total. The Morgan fingerprint density at radius 1 is 1.12 bits per heavy atom. The molecule has 96 valence electrons. The fraction of sp³-hybridized carbons (Fsp3) is 0.600. The van der Waals surface area contributed by atoms with Crippen molar-refractivity contribution >= 4 is 0 Å². The van der Waals surface area contributed by atoms with Gasteiger partial charge in [-0.05, 0) is 37.0 Å². The van der Waals surface area contributed by atoms with Crippen molar-refractivity contribution < 1.29 is 9.47 Å². The molecule has 2 unspecified atom stereocenters. The maximum absolute atomic E-state index is 5.82. The molecule has 0 saturated heterocycles. The third kappa shape index (κ3) is 4.39. The summed E-state index contributed by atoms with van der Waals surface area (Å²) in [5.74, 6) is 1.48. The molecule has 2 atom stereocenters. The molecule has 0 aliphatic rings. The van der Waals surface area contributed by atoms with Gasteiger partial charge in [-0.2, -0.15) is 0 Å². The SMILES string of the molecule is CCOC(CC)Oc1cccc(C(C)CC)c1. The first-order chi connectivity index (χ1) is 8.21. The van der Waals surface area contributed by atoms with Crippen LogP contribution in [0, 0.1) is 0 Å². The van der Waals surface area contributed by atoms with Gasteiger partial charge in [-0.3, -0.25) is 0 Å². The van der Waals surface area contributed by atoms with Gasteiger partial charge in [-0.25, -0.2) is 0 Å². The van der Waals surface area contributed by atoms with Gasteiger partial charge in [0.2, 0.25) is 0 Å². The van der Waals surface area contributed by atoms with Crippen LogP contribution >= 0.6 is 0 Å². The average molecular weight is 236 g/mol. The molecule has 0 saturated carbocycles. The second kappa shape index (κ2) is 7.33. The first-order valence-corrected chi connectivity index (χ1v) is 6.59. The highest BCUT2D eigenvalue weighted by Crippen LogP contribution is 2.23. The number of hydrogen-bond donors (Lipinski definition) is 0. The molecule has 2 nitrogen and oxygen atoms in total. The molecule has 1 aromatic carbocycles. The zero-order chi connectivity index (χ0) is 12.7. The molecule has 0 aliphatic heterocycles. The smallest absolute Gasteiger partial charge is 0.199 e. The number of hydrogen-bond acceptors (Lipinski definition) is 2. The normalized spacial score (nSPS) is 14.4. The Bertz CT molecular complexity index is 322. The summed E-state index contributed by atoms with van der Waals surface area (Å²) in [6, 6.07) is 8.32. The monoisotopic (exact) mass is 236 g/mol. The maximum Gasteiger partial charge on any atom is 0.199 e. The zero-order valence-electron chi connectivity index (χ0n) is 11.4. The van der Waals surface area contributed by atoms with Gasteiger partial charge in [0.05, 0.1) is 0 Å². The fourth-order valence-corrected chi connectivity index (χ4v) is 1.70. The molecule has 0 aromatic heterocycles. The highest BCUT2D eigenvalue weighted by molar-refractivity contribution is 5.30. The lowest BCUT2D eigenvalue weighted by molar-refractivity contribution is -0.0766. The minimum atomic E-state index is -0.132. The summed E-state index contributed by atoms with van der Waals surface area (Å²) in [6.45, 7) is 9.18. The molecule has 17 heavy (non-hydrogen) atoms. The van der Waals surface area contributed by atoms with Gasteiger partial charge in [0, 0.05) is 13.0 Å². The van der Waals surface area contributed by atoms with Crippen LogP contribution in [0.1, 0.15) is 52.0 Å². The van der Waals surface area contributed by atoms with Crippen molar-refractivity contribution in [3.8, 4) is 5.75 Å². The lowest BCUT2D eigenvalue weighted by atomic mass is 9.99. The lowest BCUT2D eigenvalue weighted by Gasteiger charge is -2.18. The second-order valence-electron chi connectivity index (χ2n) is 4.29. The van der Waals surface area contributed by atoms with Crippen molar-refractivity contribution in [2.75, 3.05) is 6.61 Å². The molecule has 0 amide bonds. The van der Waals surface area contributed by atoms with Gasteiger partial charge >= 0.3 is 0 Å². The number of benzene rings is 1. The van der Waals surface area contributed by atoms with Gasteiger partial charge < -0.3 is 9.47 Å². The van der Waals surface area contributed by atoms with Gasteiger partial charge in [-0.15, -0.1) is 0 Å². The van der Waals surface area contributed by atoms with E-state index in [1.54, 1.807) is 0 Å². The highest BCUT2D eigenvalue weighted by Gasteiger charge is 2.09. The summed E-state index contributed by atoms with van der Waals surface area (Å²) >= 11 is 0. The number of rotatable bonds is 7. The summed E-state index contributed by atoms with van der Waals surface area (Å²) in [4.78, 5) is 0. The Morgan fingerprint density at radius 3 is 2.47 bits per heavy atom. The Kier molecular flexibility index (Phi) is 6.06. The van der Waals surface area contributed by atoms with E-state index in [1.807, 2.05) is 13.0 Å². The first-order valence-electron chi connectivity index (χ1n) is 6.59. The summed E-state index contributed by atoms with van der Waals surface area (Å²) < 4.78 is 11.3. The Hall–Kier alpha value is -1.02. The van der Waals surface area contributed by atoms with Crippen molar-refractivity contribution in [1.82, 2.24) is 0 Å². The van der Waals surface area contributed by atoms with Gasteiger partial charge in [0.1, 0.15) is 5.75 Å². The van der Waals surface area contributed by atoms with Gasteiger partial charge in [0.15, 0.2) is 6.29 Å². The molecular weight excluding hydrogens is 212 g/mol. The van der Waals surface area contributed by atoms with Crippen molar-refractivity contribution in [1.29, 1.82) is 0 Å². The topological polar surface area (TPSA) is 18.5 Å². The fourth-order valence-electron chi connectivity index (χ4n) is 1.70. The third-order valence-corrected chi connectivity index (χ3v) is 2.99. The van der Waals surface area contributed by atoms with E-state index in [0.29, 0.717) is 12.5 Å². The Balaban J connectivity index is 2.70. The summed E-state index contributed by atoms with van der Waals surface area (Å²) in [5.41, 5.74) is 1.33. The van der Waals surface area contributed by atoms with E-state index in [2.05, 4.69) is 39.0 Å². The van der Waals surface area contributed by atoms with E-state index in [4.69, 9.17) is 9.47 Å². The van der Waals surface area contributed by atoms with E-state index >= 15 is 0 Å². The molecule has 0 aliphatic carbocycles. The van der Waals surface area contributed by atoms with Crippen LogP contribution < -0.4 is 4.74 Å². The molecule has 0 radical (unpaired) electrons. The van der Waals surface area contributed by atoms with Crippen LogP contribution in [-0.4, -0.2) is 12.9 Å². The van der Waals surface area contributed by atoms with Crippen molar-refractivity contribution in [2.24, 2.45) is 0 Å². The Morgan fingerprint density at radius 2 is 1.88 bits per heavy atom. The second-order valence-corrected chi connectivity index (χ2v) is 4.29. The molecule has 1 rings (SSSR count). The van der Waals surface area contributed by atoms with E-state index in [-0.39, 0.29) is 6.29 Å². The van der Waals surface area contributed by atoms with Crippen molar-refractivity contribution in [3.05, 3.63) is 29.8 Å². The van der Waals surface area contributed by atoms with E-state index < -0.39 is 0 Å². The summed E-state index contributed by atoms with van der Waals surface area (Å²) in [7, 11) is 0. The van der Waals surface area contributed by atoms with E-state index in [1.165, 1.54) is 5.56 Å². The van der Waals surface area contributed by atoms with Gasteiger partial charge in [0.25, 0.3) is 0 Å². The molecule has 1 aromatic rings. The molecular formula is C15H24O2. The number of ether oxygens (including phenoxy) is 2. The summed E-state index contributed by atoms with van der Waals surface area (Å²) in [6.07, 6.45) is 1.88. The predicted molar refractivity (Wildman–Crippen MR) is 71.5 cm³/mol. The van der Waals surface area contributed by atoms with Crippen molar-refractivity contribution in [2.45, 2.75) is 52.7 Å². The van der Waals surface area contributed by atoms with Crippen LogP contribution in [0.5, 0.6) is 5.75 Å². The predicted octanol–water partition coefficient (Wildman–Crippen LogP) is 4.35. The minimum Gasteiger partial charge on any atom is -0.465 e. The van der Waals surface area contributed by atoms with Crippen LogP contribution in [0.25, 0.3) is 0 Å².